The monoisotopic (exact) mass is 262 g/mol. The van der Waals surface area contributed by atoms with E-state index in [0.717, 1.165) is 31.2 Å². The number of amides is 1. The van der Waals surface area contributed by atoms with Crippen LogP contribution in [0.2, 0.25) is 0 Å². The highest BCUT2D eigenvalue weighted by atomic mass is 19.4. The number of carbonyl (C=O) groups is 1. The van der Waals surface area contributed by atoms with Crippen molar-refractivity contribution >= 4 is 5.91 Å². The molecular weight excluding hydrogens is 249 g/mol. The van der Waals surface area contributed by atoms with Gasteiger partial charge in [-0.05, 0) is 24.6 Å². The maximum absolute atomic E-state index is 13.0. The van der Waals surface area contributed by atoms with Gasteiger partial charge in [-0.1, -0.05) is 12.1 Å². The first-order chi connectivity index (χ1) is 8.06. The van der Waals surface area contributed by atoms with Crippen molar-refractivity contribution in [3.8, 4) is 5.75 Å². The number of hydrogen-bond donors (Lipinski definition) is 3. The van der Waals surface area contributed by atoms with Crippen molar-refractivity contribution in [2.45, 2.75) is 24.6 Å². The van der Waals surface area contributed by atoms with Crippen LogP contribution in [0.1, 0.15) is 18.4 Å². The minimum atomic E-state index is -4.73. The van der Waals surface area contributed by atoms with E-state index in [0.29, 0.717) is 0 Å². The van der Waals surface area contributed by atoms with Crippen molar-refractivity contribution in [1.29, 1.82) is 0 Å². The van der Waals surface area contributed by atoms with Gasteiger partial charge in [0.15, 0.2) is 0 Å². The molecule has 1 unspecified atom stereocenters. The van der Waals surface area contributed by atoms with Crippen molar-refractivity contribution in [3.63, 3.8) is 0 Å². The standard InChI is InChI=1S/C11H13F3N2O2/c1-10(16,9(15)18)8(11(12,13)14)6-2-4-7(17)5-3-6/h2-5,8,17H,16H2,1H3,(H2,15,18)/t8-,10?/m0/s1. The van der Waals surface area contributed by atoms with Gasteiger partial charge in [0.1, 0.15) is 17.2 Å². The molecule has 0 aliphatic heterocycles. The van der Waals surface area contributed by atoms with Crippen LogP contribution in [0.4, 0.5) is 13.2 Å². The molecule has 100 valence electrons. The Morgan fingerprint density at radius 3 is 2.06 bits per heavy atom. The van der Waals surface area contributed by atoms with Gasteiger partial charge >= 0.3 is 6.18 Å². The number of benzene rings is 1. The van der Waals surface area contributed by atoms with Gasteiger partial charge in [0.05, 0.1) is 0 Å². The van der Waals surface area contributed by atoms with E-state index < -0.39 is 23.5 Å². The SMILES string of the molecule is CC(N)(C(N)=O)[C@H](c1ccc(O)cc1)C(F)(F)F. The molecular formula is C11H13F3N2O2. The summed E-state index contributed by atoms with van der Waals surface area (Å²) in [5.74, 6) is -3.67. The van der Waals surface area contributed by atoms with Gasteiger partial charge in [-0.2, -0.15) is 13.2 Å². The van der Waals surface area contributed by atoms with Crippen LogP contribution in [-0.4, -0.2) is 22.7 Å². The normalized spacial score (nSPS) is 16.9. The zero-order valence-electron chi connectivity index (χ0n) is 9.53. The van der Waals surface area contributed by atoms with Gasteiger partial charge in [-0.15, -0.1) is 0 Å². The number of halogens is 3. The third-order valence-electron chi connectivity index (χ3n) is 2.68. The maximum atomic E-state index is 13.0. The zero-order chi connectivity index (χ0) is 14.1. The van der Waals surface area contributed by atoms with Gasteiger partial charge in [-0.25, -0.2) is 0 Å². The Balaban J connectivity index is 3.31. The van der Waals surface area contributed by atoms with E-state index in [9.17, 15) is 18.0 Å². The molecule has 0 heterocycles. The third-order valence-corrected chi connectivity index (χ3v) is 2.68. The Kier molecular flexibility index (Phi) is 3.57. The van der Waals surface area contributed by atoms with Gasteiger partial charge in [0, 0.05) is 0 Å². The molecule has 0 spiro atoms. The molecule has 7 heteroatoms. The van der Waals surface area contributed by atoms with Crippen molar-refractivity contribution in [3.05, 3.63) is 29.8 Å². The molecule has 0 saturated carbocycles. The van der Waals surface area contributed by atoms with Gasteiger partial charge < -0.3 is 16.6 Å². The predicted molar refractivity (Wildman–Crippen MR) is 58.7 cm³/mol. The van der Waals surface area contributed by atoms with Crippen LogP contribution in [0.25, 0.3) is 0 Å². The van der Waals surface area contributed by atoms with Gasteiger partial charge in [-0.3, -0.25) is 4.79 Å². The summed E-state index contributed by atoms with van der Waals surface area (Å²) in [6.07, 6.45) is -4.73. The van der Waals surface area contributed by atoms with E-state index >= 15 is 0 Å². The number of phenols is 1. The topological polar surface area (TPSA) is 89.3 Å². The number of primary amides is 1. The van der Waals surface area contributed by atoms with Crippen LogP contribution in [0, 0.1) is 0 Å². The number of nitrogens with two attached hydrogens (primary N) is 2. The van der Waals surface area contributed by atoms with Crippen LogP contribution in [0.15, 0.2) is 24.3 Å². The van der Waals surface area contributed by atoms with Crippen molar-refractivity contribution in [1.82, 2.24) is 0 Å². The molecule has 0 aromatic heterocycles. The molecule has 4 nitrogen and oxygen atoms in total. The fourth-order valence-corrected chi connectivity index (χ4v) is 1.68. The average molecular weight is 262 g/mol. The van der Waals surface area contributed by atoms with Crippen molar-refractivity contribution in [2.24, 2.45) is 11.5 Å². The summed E-state index contributed by atoms with van der Waals surface area (Å²) in [4.78, 5) is 11.1. The number of rotatable bonds is 3. The van der Waals surface area contributed by atoms with Crippen molar-refractivity contribution < 1.29 is 23.1 Å². The summed E-state index contributed by atoms with van der Waals surface area (Å²) >= 11 is 0. The van der Waals surface area contributed by atoms with Crippen LogP contribution < -0.4 is 11.5 Å². The lowest BCUT2D eigenvalue weighted by Crippen LogP contribution is -2.57. The first-order valence-corrected chi connectivity index (χ1v) is 5.01. The minimum Gasteiger partial charge on any atom is -0.508 e. The lowest BCUT2D eigenvalue weighted by atomic mass is 9.80. The third kappa shape index (κ3) is 2.73. The largest absolute Gasteiger partial charge is 0.508 e. The molecule has 0 fully saturated rings. The number of hydrogen-bond acceptors (Lipinski definition) is 3. The highest BCUT2D eigenvalue weighted by Crippen LogP contribution is 2.41. The van der Waals surface area contributed by atoms with Crippen LogP contribution >= 0.6 is 0 Å². The zero-order valence-corrected chi connectivity index (χ0v) is 9.53. The maximum Gasteiger partial charge on any atom is 0.398 e. The first-order valence-electron chi connectivity index (χ1n) is 5.01. The summed E-state index contributed by atoms with van der Waals surface area (Å²) in [5.41, 5.74) is 7.82. The fourth-order valence-electron chi connectivity index (χ4n) is 1.68. The summed E-state index contributed by atoms with van der Waals surface area (Å²) < 4.78 is 39.0. The Bertz CT molecular complexity index is 441. The quantitative estimate of drug-likeness (QED) is 0.765. The van der Waals surface area contributed by atoms with Gasteiger partial charge in [0.25, 0.3) is 0 Å². The smallest absolute Gasteiger partial charge is 0.398 e. The minimum absolute atomic E-state index is 0.183. The highest BCUT2D eigenvalue weighted by molar-refractivity contribution is 5.85. The second-order valence-corrected chi connectivity index (χ2v) is 4.21. The number of phenolic OH excluding ortho intramolecular Hbond substituents is 1. The van der Waals surface area contributed by atoms with E-state index in [1.165, 1.54) is 0 Å². The molecule has 5 N–H and O–H groups in total. The van der Waals surface area contributed by atoms with E-state index in [2.05, 4.69) is 0 Å². The molecule has 1 aromatic rings. The molecule has 0 saturated heterocycles. The van der Waals surface area contributed by atoms with E-state index in [-0.39, 0.29) is 11.3 Å². The number of aromatic hydroxyl groups is 1. The molecule has 18 heavy (non-hydrogen) atoms. The Labute approximate surface area is 101 Å². The van der Waals surface area contributed by atoms with Crippen LogP contribution in [0.3, 0.4) is 0 Å². The number of carbonyl (C=O) groups excluding carboxylic acids is 1. The van der Waals surface area contributed by atoms with Gasteiger partial charge in [0.2, 0.25) is 5.91 Å². The molecule has 2 atom stereocenters. The summed E-state index contributed by atoms with van der Waals surface area (Å²) in [5, 5.41) is 9.05. The van der Waals surface area contributed by atoms with E-state index in [4.69, 9.17) is 16.6 Å². The number of alkyl halides is 3. The summed E-state index contributed by atoms with van der Waals surface area (Å²) in [6, 6.07) is 4.29. The summed E-state index contributed by atoms with van der Waals surface area (Å²) in [6.45, 7) is 0.931. The predicted octanol–water partition coefficient (Wildman–Crippen LogP) is 1.24. The Morgan fingerprint density at radius 2 is 1.72 bits per heavy atom. The lowest BCUT2D eigenvalue weighted by Gasteiger charge is -2.33. The molecule has 1 aromatic carbocycles. The lowest BCUT2D eigenvalue weighted by molar-refractivity contribution is -0.169. The van der Waals surface area contributed by atoms with E-state index in [1.807, 2.05) is 0 Å². The van der Waals surface area contributed by atoms with Crippen LogP contribution in [0.5, 0.6) is 5.75 Å². The molecule has 0 bridgehead atoms. The molecule has 1 rings (SSSR count). The molecule has 0 aliphatic carbocycles. The highest BCUT2D eigenvalue weighted by Gasteiger charge is 2.53. The molecule has 0 radical (unpaired) electrons. The second kappa shape index (κ2) is 4.49. The van der Waals surface area contributed by atoms with E-state index in [1.54, 1.807) is 0 Å². The average Bonchev–Trinajstić information content (AvgIpc) is 2.18. The van der Waals surface area contributed by atoms with Crippen molar-refractivity contribution in [2.75, 3.05) is 0 Å². The molecule has 0 aliphatic rings. The van der Waals surface area contributed by atoms with Crippen LogP contribution in [-0.2, 0) is 4.79 Å². The first kappa shape index (κ1) is 14.3. The Morgan fingerprint density at radius 1 is 1.28 bits per heavy atom. The summed E-state index contributed by atoms with van der Waals surface area (Å²) in [7, 11) is 0. The Hall–Kier alpha value is -1.76. The fraction of sp³-hybridized carbons (Fsp3) is 0.364. The second-order valence-electron chi connectivity index (χ2n) is 4.21. The molecule has 1 amide bonds.